The van der Waals surface area contributed by atoms with E-state index in [1.165, 1.54) is 4.88 Å². The Balaban J connectivity index is 1.97. The van der Waals surface area contributed by atoms with Gasteiger partial charge < -0.3 is 15.8 Å². The minimum Gasteiger partial charge on any atom is -0.484 e. The summed E-state index contributed by atoms with van der Waals surface area (Å²) in [6, 6.07) is 12.0. The van der Waals surface area contributed by atoms with Gasteiger partial charge >= 0.3 is 0 Å². The topological polar surface area (TPSA) is 64.3 Å². The monoisotopic (exact) mass is 290 g/mol. The predicted octanol–water partition coefficient (Wildman–Crippen LogP) is 3.18. The Kier molecular flexibility index (Phi) is 5.01. The molecule has 0 saturated carbocycles. The fraction of sp³-hybridized carbons (Fsp3) is 0.267. The van der Waals surface area contributed by atoms with Crippen LogP contribution in [0, 0.1) is 0 Å². The molecule has 1 unspecified atom stereocenters. The van der Waals surface area contributed by atoms with E-state index in [2.05, 4.69) is 29.8 Å². The number of benzene rings is 1. The van der Waals surface area contributed by atoms with Gasteiger partial charge in [-0.05, 0) is 42.1 Å². The lowest BCUT2D eigenvalue weighted by atomic mass is 10.1. The summed E-state index contributed by atoms with van der Waals surface area (Å²) in [7, 11) is 0. The Morgan fingerprint density at radius 3 is 2.65 bits per heavy atom. The minimum atomic E-state index is -0.476. The van der Waals surface area contributed by atoms with Crippen LogP contribution in [-0.4, -0.2) is 12.5 Å². The van der Waals surface area contributed by atoms with Crippen LogP contribution >= 0.6 is 11.3 Å². The smallest absolute Gasteiger partial charge is 0.255 e. The van der Waals surface area contributed by atoms with Crippen LogP contribution in [0.15, 0.2) is 41.8 Å². The van der Waals surface area contributed by atoms with E-state index in [0.29, 0.717) is 11.8 Å². The molecule has 1 amide bonds. The summed E-state index contributed by atoms with van der Waals surface area (Å²) in [4.78, 5) is 12.0. The molecule has 1 aromatic carbocycles. The molecule has 0 aliphatic carbocycles. The summed E-state index contributed by atoms with van der Waals surface area (Å²) >= 11 is 1.75. The molecule has 0 fully saturated rings. The van der Waals surface area contributed by atoms with E-state index in [-0.39, 0.29) is 6.61 Å². The molecule has 1 heterocycles. The van der Waals surface area contributed by atoms with Gasteiger partial charge in [0, 0.05) is 10.6 Å². The zero-order valence-corrected chi connectivity index (χ0v) is 12.2. The molecule has 2 rings (SSSR count). The molecular formula is C15H18N2O2S. The number of hydrogen-bond donors (Lipinski definition) is 2. The largest absolute Gasteiger partial charge is 0.484 e. The maximum Gasteiger partial charge on any atom is 0.255 e. The van der Waals surface area contributed by atoms with Gasteiger partial charge in [-0.1, -0.05) is 13.0 Å². The van der Waals surface area contributed by atoms with Gasteiger partial charge in [-0.15, -0.1) is 11.3 Å². The zero-order chi connectivity index (χ0) is 14.4. The molecule has 20 heavy (non-hydrogen) atoms. The number of thiophene rings is 1. The molecule has 0 bridgehead atoms. The second kappa shape index (κ2) is 6.96. The predicted molar refractivity (Wildman–Crippen MR) is 82.1 cm³/mol. The van der Waals surface area contributed by atoms with E-state index in [1.54, 1.807) is 11.3 Å². The van der Waals surface area contributed by atoms with Crippen molar-refractivity contribution in [3.63, 3.8) is 0 Å². The lowest BCUT2D eigenvalue weighted by molar-refractivity contribution is -0.119. The van der Waals surface area contributed by atoms with Gasteiger partial charge in [0.2, 0.25) is 0 Å². The van der Waals surface area contributed by atoms with Gasteiger partial charge in [0.25, 0.3) is 5.91 Å². The quantitative estimate of drug-likeness (QED) is 0.823. The summed E-state index contributed by atoms with van der Waals surface area (Å²) in [5.74, 6) is 0.162. The fourth-order valence-electron chi connectivity index (χ4n) is 1.87. The third-order valence-corrected chi connectivity index (χ3v) is 3.86. The Morgan fingerprint density at radius 1 is 1.35 bits per heavy atom. The molecule has 0 spiro atoms. The van der Waals surface area contributed by atoms with Crippen molar-refractivity contribution >= 4 is 22.9 Å². The SMILES string of the molecule is CCC(Nc1ccc(OCC(N)=O)cc1)c1cccs1. The summed E-state index contributed by atoms with van der Waals surface area (Å²) in [6.45, 7) is 2.06. The van der Waals surface area contributed by atoms with E-state index < -0.39 is 5.91 Å². The molecular weight excluding hydrogens is 272 g/mol. The molecule has 106 valence electrons. The van der Waals surface area contributed by atoms with Crippen molar-refractivity contribution in [3.05, 3.63) is 46.7 Å². The first-order valence-corrected chi connectivity index (χ1v) is 7.38. The maximum atomic E-state index is 10.6. The Morgan fingerprint density at radius 2 is 2.10 bits per heavy atom. The molecule has 0 aliphatic rings. The first-order chi connectivity index (χ1) is 9.69. The normalized spacial score (nSPS) is 11.8. The third kappa shape index (κ3) is 3.99. The van der Waals surface area contributed by atoms with E-state index >= 15 is 0 Å². The number of carbonyl (C=O) groups is 1. The number of anilines is 1. The number of rotatable bonds is 7. The molecule has 0 radical (unpaired) electrons. The van der Waals surface area contributed by atoms with Crippen molar-refractivity contribution < 1.29 is 9.53 Å². The third-order valence-electron chi connectivity index (χ3n) is 2.87. The van der Waals surface area contributed by atoms with Crippen molar-refractivity contribution in [1.29, 1.82) is 0 Å². The van der Waals surface area contributed by atoms with Crippen molar-refractivity contribution in [2.45, 2.75) is 19.4 Å². The Hall–Kier alpha value is -2.01. The lowest BCUT2D eigenvalue weighted by Crippen LogP contribution is -2.19. The first kappa shape index (κ1) is 14.4. The van der Waals surface area contributed by atoms with Gasteiger partial charge in [0.05, 0.1) is 6.04 Å². The summed E-state index contributed by atoms with van der Waals surface area (Å²) in [5.41, 5.74) is 6.06. The highest BCUT2D eigenvalue weighted by molar-refractivity contribution is 7.10. The highest BCUT2D eigenvalue weighted by Gasteiger charge is 2.09. The molecule has 4 nitrogen and oxygen atoms in total. The first-order valence-electron chi connectivity index (χ1n) is 6.50. The van der Waals surface area contributed by atoms with Crippen LogP contribution < -0.4 is 15.8 Å². The number of carbonyl (C=O) groups excluding carboxylic acids is 1. The highest BCUT2D eigenvalue weighted by atomic mass is 32.1. The Labute approximate surface area is 122 Å². The van der Waals surface area contributed by atoms with Crippen LogP contribution in [0.4, 0.5) is 5.69 Å². The van der Waals surface area contributed by atoms with Crippen LogP contribution in [0.5, 0.6) is 5.75 Å². The number of primary amides is 1. The van der Waals surface area contributed by atoms with Gasteiger partial charge in [0.15, 0.2) is 6.61 Å². The summed E-state index contributed by atoms with van der Waals surface area (Å²) in [5, 5.41) is 5.57. The number of nitrogens with two attached hydrogens (primary N) is 1. The highest BCUT2D eigenvalue weighted by Crippen LogP contribution is 2.27. The van der Waals surface area contributed by atoms with Crippen molar-refractivity contribution in [3.8, 4) is 5.75 Å². The van der Waals surface area contributed by atoms with Crippen molar-refractivity contribution in [2.24, 2.45) is 5.73 Å². The molecule has 3 N–H and O–H groups in total. The number of hydrogen-bond acceptors (Lipinski definition) is 4. The molecule has 1 aromatic heterocycles. The van der Waals surface area contributed by atoms with Crippen LogP contribution in [0.3, 0.4) is 0 Å². The Bertz CT molecular complexity index is 538. The second-order valence-electron chi connectivity index (χ2n) is 4.40. The van der Waals surface area contributed by atoms with Crippen molar-refractivity contribution in [2.75, 3.05) is 11.9 Å². The van der Waals surface area contributed by atoms with E-state index in [1.807, 2.05) is 24.3 Å². The summed E-state index contributed by atoms with van der Waals surface area (Å²) < 4.78 is 5.23. The molecule has 0 aliphatic heterocycles. The van der Waals surface area contributed by atoms with Gasteiger partial charge in [0.1, 0.15) is 5.75 Å². The van der Waals surface area contributed by atoms with Crippen LogP contribution in [0.2, 0.25) is 0 Å². The molecule has 0 saturated heterocycles. The van der Waals surface area contributed by atoms with Crippen LogP contribution in [0.25, 0.3) is 0 Å². The van der Waals surface area contributed by atoms with E-state index in [0.717, 1.165) is 12.1 Å². The van der Waals surface area contributed by atoms with Gasteiger partial charge in [-0.2, -0.15) is 0 Å². The van der Waals surface area contributed by atoms with Crippen LogP contribution in [-0.2, 0) is 4.79 Å². The number of ether oxygens (including phenoxy) is 1. The average molecular weight is 290 g/mol. The van der Waals surface area contributed by atoms with E-state index in [9.17, 15) is 4.79 Å². The second-order valence-corrected chi connectivity index (χ2v) is 5.38. The number of amides is 1. The molecule has 2 aromatic rings. The van der Waals surface area contributed by atoms with Gasteiger partial charge in [-0.3, -0.25) is 4.79 Å². The lowest BCUT2D eigenvalue weighted by Gasteiger charge is -2.17. The number of nitrogens with one attached hydrogen (secondary N) is 1. The maximum absolute atomic E-state index is 10.6. The van der Waals surface area contributed by atoms with Crippen molar-refractivity contribution in [1.82, 2.24) is 0 Å². The summed E-state index contributed by atoms with van der Waals surface area (Å²) in [6.07, 6.45) is 1.01. The minimum absolute atomic E-state index is 0.0977. The molecule has 5 heteroatoms. The van der Waals surface area contributed by atoms with E-state index in [4.69, 9.17) is 10.5 Å². The van der Waals surface area contributed by atoms with Crippen LogP contribution in [0.1, 0.15) is 24.3 Å². The average Bonchev–Trinajstić information content (AvgIpc) is 2.97. The fourth-order valence-corrected chi connectivity index (χ4v) is 2.73. The zero-order valence-electron chi connectivity index (χ0n) is 11.3. The standard InChI is InChI=1S/C15H18N2O2S/c1-2-13(14-4-3-9-20-14)17-11-5-7-12(8-6-11)19-10-15(16)18/h3-9,13,17H,2,10H2,1H3,(H2,16,18). The molecule has 1 atom stereocenters. The van der Waals surface area contributed by atoms with Gasteiger partial charge in [-0.25, -0.2) is 0 Å².